The second kappa shape index (κ2) is 10.7. The molecular weight excluding hydrogens is 468 g/mol. The average molecular weight is 499 g/mol. The molecule has 4 rings (SSSR count). The lowest BCUT2D eigenvalue weighted by Gasteiger charge is -2.34. The summed E-state index contributed by atoms with van der Waals surface area (Å²) in [6.45, 7) is 5.22. The largest absolute Gasteiger partial charge is 0.355 e. The molecule has 0 bridgehead atoms. The summed E-state index contributed by atoms with van der Waals surface area (Å²) < 4.78 is 27.1. The van der Waals surface area contributed by atoms with Crippen LogP contribution >= 0.6 is 0 Å². The highest BCUT2D eigenvalue weighted by Gasteiger charge is 2.34. The number of benzene rings is 2. The van der Waals surface area contributed by atoms with Crippen molar-refractivity contribution in [3.63, 3.8) is 0 Å². The number of imide groups is 1. The van der Waals surface area contributed by atoms with Crippen molar-refractivity contribution in [2.24, 2.45) is 0 Å². The van der Waals surface area contributed by atoms with E-state index in [1.807, 2.05) is 6.92 Å². The van der Waals surface area contributed by atoms with Gasteiger partial charge in [0, 0.05) is 52.2 Å². The van der Waals surface area contributed by atoms with E-state index >= 15 is 0 Å². The molecule has 0 saturated carbocycles. The molecule has 0 aliphatic carbocycles. The Morgan fingerprint density at radius 1 is 0.886 bits per heavy atom. The Labute approximate surface area is 205 Å². The Balaban J connectivity index is 1.14. The number of nitrogens with one attached hydrogen (secondary N) is 1. The number of sulfonamides is 1. The third-order valence-electron chi connectivity index (χ3n) is 6.40. The zero-order chi connectivity index (χ0) is 25.0. The highest BCUT2D eigenvalue weighted by molar-refractivity contribution is 7.89. The fraction of sp³-hybridized carbons (Fsp3) is 0.400. The van der Waals surface area contributed by atoms with Gasteiger partial charge in [0.1, 0.15) is 0 Å². The van der Waals surface area contributed by atoms with Crippen LogP contribution in [0, 0.1) is 6.92 Å². The first-order chi connectivity index (χ1) is 16.8. The molecule has 186 valence electrons. The second-order valence-electron chi connectivity index (χ2n) is 8.82. The first kappa shape index (κ1) is 25.0. The van der Waals surface area contributed by atoms with Gasteiger partial charge in [-0.3, -0.25) is 24.2 Å². The minimum atomic E-state index is -3.49. The third-order valence-corrected chi connectivity index (χ3v) is 8.32. The van der Waals surface area contributed by atoms with E-state index in [1.54, 1.807) is 48.5 Å². The topological polar surface area (TPSA) is 107 Å². The Morgan fingerprint density at radius 2 is 1.49 bits per heavy atom. The molecule has 3 amide bonds. The van der Waals surface area contributed by atoms with Crippen molar-refractivity contribution >= 4 is 27.7 Å². The van der Waals surface area contributed by atoms with Crippen LogP contribution in [0.4, 0.5) is 0 Å². The van der Waals surface area contributed by atoms with Crippen molar-refractivity contribution in [3.05, 3.63) is 65.2 Å². The summed E-state index contributed by atoms with van der Waals surface area (Å²) in [7, 11) is -3.49. The molecular formula is C25H30N4O5S. The number of aryl methyl sites for hydroxylation is 1. The number of hydrogen-bond donors (Lipinski definition) is 1. The number of hydrogen-bond acceptors (Lipinski definition) is 6. The summed E-state index contributed by atoms with van der Waals surface area (Å²) >= 11 is 0. The van der Waals surface area contributed by atoms with Gasteiger partial charge in [0.2, 0.25) is 15.9 Å². The monoisotopic (exact) mass is 498 g/mol. The van der Waals surface area contributed by atoms with Gasteiger partial charge in [0.05, 0.1) is 16.0 Å². The van der Waals surface area contributed by atoms with Crippen molar-refractivity contribution in [1.29, 1.82) is 0 Å². The molecule has 1 saturated heterocycles. The molecule has 0 atom stereocenters. The van der Waals surface area contributed by atoms with E-state index in [1.165, 1.54) is 9.21 Å². The van der Waals surface area contributed by atoms with E-state index < -0.39 is 10.0 Å². The Hall–Kier alpha value is -3.08. The molecule has 35 heavy (non-hydrogen) atoms. The predicted octanol–water partition coefficient (Wildman–Crippen LogP) is 1.49. The molecule has 2 aliphatic rings. The van der Waals surface area contributed by atoms with Crippen LogP contribution in [0.1, 0.15) is 39.1 Å². The van der Waals surface area contributed by atoms with Crippen LogP contribution in [0.15, 0.2) is 53.4 Å². The third kappa shape index (κ3) is 5.61. The summed E-state index contributed by atoms with van der Waals surface area (Å²) in [6.07, 6.45) is 0.614. The maximum Gasteiger partial charge on any atom is 0.261 e. The first-order valence-corrected chi connectivity index (χ1v) is 13.2. The van der Waals surface area contributed by atoms with E-state index in [0.717, 1.165) is 5.56 Å². The molecule has 10 heteroatoms. The number of nitrogens with zero attached hydrogens (tertiary/aromatic N) is 3. The average Bonchev–Trinajstić information content (AvgIpc) is 3.10. The number of rotatable bonds is 9. The number of amides is 3. The van der Waals surface area contributed by atoms with E-state index in [2.05, 4.69) is 10.2 Å². The van der Waals surface area contributed by atoms with Gasteiger partial charge in [-0.1, -0.05) is 29.8 Å². The smallest absolute Gasteiger partial charge is 0.261 e. The lowest BCUT2D eigenvalue weighted by atomic mass is 10.1. The van der Waals surface area contributed by atoms with E-state index in [-0.39, 0.29) is 30.7 Å². The van der Waals surface area contributed by atoms with Gasteiger partial charge in [-0.2, -0.15) is 4.31 Å². The Bertz CT molecular complexity index is 1170. The number of carbonyl (C=O) groups excluding carboxylic acids is 3. The first-order valence-electron chi connectivity index (χ1n) is 11.8. The minimum Gasteiger partial charge on any atom is -0.355 e. The zero-order valence-corrected chi connectivity index (χ0v) is 20.6. The van der Waals surface area contributed by atoms with Crippen LogP contribution < -0.4 is 5.32 Å². The van der Waals surface area contributed by atoms with Crippen molar-refractivity contribution in [3.8, 4) is 0 Å². The fourth-order valence-corrected chi connectivity index (χ4v) is 5.76. The van der Waals surface area contributed by atoms with Crippen LogP contribution in [0.3, 0.4) is 0 Å². The van der Waals surface area contributed by atoms with Gasteiger partial charge in [0.25, 0.3) is 11.8 Å². The Kier molecular flexibility index (Phi) is 7.63. The fourth-order valence-electron chi connectivity index (χ4n) is 4.33. The molecule has 1 fully saturated rings. The summed E-state index contributed by atoms with van der Waals surface area (Å²) in [5.74, 6) is -0.758. The van der Waals surface area contributed by atoms with Gasteiger partial charge in [-0.15, -0.1) is 0 Å². The number of fused-ring (bicyclic) bond motifs is 1. The standard InChI is InChI=1S/C25H30N4O5S/c1-19-8-10-20(11-9-19)35(33,34)28-17-15-27(16-18-28)14-12-26-23(30)7-4-13-29-24(31)21-5-2-3-6-22(21)25(29)32/h2-3,5-6,8-11H,4,7,12-18H2,1H3,(H,26,30). The van der Waals surface area contributed by atoms with Gasteiger partial charge < -0.3 is 5.32 Å². The second-order valence-corrected chi connectivity index (χ2v) is 10.8. The minimum absolute atomic E-state index is 0.137. The van der Waals surface area contributed by atoms with Crippen LogP contribution in [-0.4, -0.2) is 86.1 Å². The number of carbonyl (C=O) groups is 3. The molecule has 2 aliphatic heterocycles. The molecule has 0 aromatic heterocycles. The van der Waals surface area contributed by atoms with E-state index in [4.69, 9.17) is 0 Å². The highest BCUT2D eigenvalue weighted by atomic mass is 32.2. The summed E-state index contributed by atoms with van der Waals surface area (Å²) in [5.41, 5.74) is 1.84. The van der Waals surface area contributed by atoms with Crippen molar-refractivity contribution in [2.45, 2.75) is 24.7 Å². The van der Waals surface area contributed by atoms with Crippen molar-refractivity contribution in [1.82, 2.24) is 19.4 Å². The number of piperazine rings is 1. The quantitative estimate of drug-likeness (QED) is 0.525. The molecule has 2 heterocycles. The molecule has 9 nitrogen and oxygen atoms in total. The predicted molar refractivity (Wildman–Crippen MR) is 130 cm³/mol. The molecule has 0 radical (unpaired) electrons. The summed E-state index contributed by atoms with van der Waals surface area (Å²) in [4.78, 5) is 40.6. The summed E-state index contributed by atoms with van der Waals surface area (Å²) in [5, 5.41) is 2.87. The van der Waals surface area contributed by atoms with Crippen LogP contribution in [0.2, 0.25) is 0 Å². The van der Waals surface area contributed by atoms with Crippen molar-refractivity contribution < 1.29 is 22.8 Å². The molecule has 0 unspecified atom stereocenters. The van der Waals surface area contributed by atoms with Crippen LogP contribution in [0.25, 0.3) is 0 Å². The van der Waals surface area contributed by atoms with E-state index in [9.17, 15) is 22.8 Å². The summed E-state index contributed by atoms with van der Waals surface area (Å²) in [6, 6.07) is 13.6. The van der Waals surface area contributed by atoms with Crippen LogP contribution in [0.5, 0.6) is 0 Å². The maximum absolute atomic E-state index is 12.8. The lowest BCUT2D eigenvalue weighted by molar-refractivity contribution is -0.121. The van der Waals surface area contributed by atoms with Gasteiger partial charge >= 0.3 is 0 Å². The molecule has 1 N–H and O–H groups in total. The van der Waals surface area contributed by atoms with Gasteiger partial charge in [0.15, 0.2) is 0 Å². The molecule has 2 aromatic rings. The normalized spacial score (nSPS) is 17.0. The highest BCUT2D eigenvalue weighted by Crippen LogP contribution is 2.22. The molecule has 0 spiro atoms. The zero-order valence-electron chi connectivity index (χ0n) is 19.8. The Morgan fingerprint density at radius 3 is 2.09 bits per heavy atom. The molecule has 2 aromatic carbocycles. The SMILES string of the molecule is Cc1ccc(S(=O)(=O)N2CCN(CCNC(=O)CCCN3C(=O)c4ccccc4C3=O)CC2)cc1. The van der Waals surface area contributed by atoms with Gasteiger partial charge in [-0.05, 0) is 37.6 Å². The van der Waals surface area contributed by atoms with Gasteiger partial charge in [-0.25, -0.2) is 8.42 Å². The van der Waals surface area contributed by atoms with Crippen LogP contribution in [-0.2, 0) is 14.8 Å². The van der Waals surface area contributed by atoms with Crippen molar-refractivity contribution in [2.75, 3.05) is 45.8 Å². The lowest BCUT2D eigenvalue weighted by Crippen LogP contribution is -2.50. The maximum atomic E-state index is 12.8. The van der Waals surface area contributed by atoms with E-state index in [0.29, 0.717) is 61.7 Å².